The summed E-state index contributed by atoms with van der Waals surface area (Å²) in [6.45, 7) is 10.5. The van der Waals surface area contributed by atoms with E-state index in [-0.39, 0.29) is 18.3 Å². The number of amides is 2. The van der Waals surface area contributed by atoms with Crippen molar-refractivity contribution in [3.8, 4) is 5.75 Å². The summed E-state index contributed by atoms with van der Waals surface area (Å²) in [6.07, 6.45) is -3.49. The summed E-state index contributed by atoms with van der Waals surface area (Å²) in [6, 6.07) is 7.48. The van der Waals surface area contributed by atoms with Gasteiger partial charge in [-0.25, -0.2) is 9.78 Å². The quantitative estimate of drug-likeness (QED) is 0.435. The topological polar surface area (TPSA) is 84.0 Å². The molecule has 1 aliphatic heterocycles. The van der Waals surface area contributed by atoms with Gasteiger partial charge in [0, 0.05) is 32.2 Å². The summed E-state index contributed by atoms with van der Waals surface area (Å²) in [5.41, 5.74) is 0.0552. The van der Waals surface area contributed by atoms with Crippen LogP contribution >= 0.6 is 0 Å². The molecule has 0 spiro atoms. The number of piperidine rings is 1. The minimum atomic E-state index is -4.59. The fraction of sp³-hybridized carbons (Fsp3) is 0.552. The third kappa shape index (κ3) is 7.79. The first-order chi connectivity index (χ1) is 18.6. The minimum Gasteiger partial charge on any atom is -0.496 e. The third-order valence-corrected chi connectivity index (χ3v) is 6.92. The Bertz CT molecular complexity index is 1200. The standard InChI is InChI=1S/C29H39F3N4O4/c1-18-12-14-36(15-13-18)25-22(10-11-24(34-25)29(30,31)32)35(6)26(37)19(2)20-8-9-21(23(16-20)39-7)17-33-27(38)40-28(3,4)5/h8-11,16,18-19H,12-15,17H2,1-7H3,(H,33,38). The Morgan fingerprint density at radius 2 is 1.80 bits per heavy atom. The monoisotopic (exact) mass is 564 g/mol. The normalized spacial score (nSPS) is 15.4. The highest BCUT2D eigenvalue weighted by atomic mass is 19.4. The number of benzene rings is 1. The van der Waals surface area contributed by atoms with Gasteiger partial charge in [0.2, 0.25) is 5.91 Å². The van der Waals surface area contributed by atoms with Gasteiger partial charge in [0.25, 0.3) is 0 Å². The third-order valence-electron chi connectivity index (χ3n) is 6.92. The van der Waals surface area contributed by atoms with E-state index in [1.54, 1.807) is 52.9 Å². The van der Waals surface area contributed by atoms with Crippen molar-refractivity contribution in [1.82, 2.24) is 10.3 Å². The average Bonchev–Trinajstić information content (AvgIpc) is 2.89. The number of hydrogen-bond donors (Lipinski definition) is 1. The van der Waals surface area contributed by atoms with Crippen LogP contribution in [0.15, 0.2) is 30.3 Å². The van der Waals surface area contributed by atoms with Crippen LogP contribution in [0.2, 0.25) is 0 Å². The average molecular weight is 565 g/mol. The number of ether oxygens (including phenoxy) is 2. The van der Waals surface area contributed by atoms with Gasteiger partial charge in [-0.15, -0.1) is 0 Å². The van der Waals surface area contributed by atoms with Gasteiger partial charge < -0.3 is 24.6 Å². The zero-order valence-corrected chi connectivity index (χ0v) is 24.2. The highest BCUT2D eigenvalue weighted by molar-refractivity contribution is 5.99. The molecule has 8 nitrogen and oxygen atoms in total. The summed E-state index contributed by atoms with van der Waals surface area (Å²) >= 11 is 0. The van der Waals surface area contributed by atoms with Gasteiger partial charge >= 0.3 is 12.3 Å². The Morgan fingerprint density at radius 1 is 1.15 bits per heavy atom. The Morgan fingerprint density at radius 3 is 2.38 bits per heavy atom. The van der Waals surface area contributed by atoms with Crippen LogP contribution in [0, 0.1) is 5.92 Å². The second kappa shape index (κ2) is 12.3. The van der Waals surface area contributed by atoms with Crippen LogP contribution in [-0.2, 0) is 22.3 Å². The van der Waals surface area contributed by atoms with Crippen LogP contribution in [0.25, 0.3) is 0 Å². The van der Waals surface area contributed by atoms with Crippen molar-refractivity contribution >= 4 is 23.5 Å². The van der Waals surface area contributed by atoms with Gasteiger partial charge in [-0.1, -0.05) is 19.1 Å². The molecule has 0 saturated carbocycles. The minimum absolute atomic E-state index is 0.158. The van der Waals surface area contributed by atoms with E-state index in [9.17, 15) is 22.8 Å². The van der Waals surface area contributed by atoms with E-state index in [4.69, 9.17) is 9.47 Å². The van der Waals surface area contributed by atoms with Crippen molar-refractivity contribution in [2.45, 2.75) is 71.7 Å². The molecular formula is C29H39F3N4O4. The van der Waals surface area contributed by atoms with Crippen LogP contribution in [-0.4, -0.2) is 49.8 Å². The van der Waals surface area contributed by atoms with Gasteiger partial charge in [0.15, 0.2) is 5.82 Å². The Labute approximate surface area is 233 Å². The molecule has 2 amide bonds. The molecule has 1 aliphatic rings. The number of nitrogens with one attached hydrogen (secondary N) is 1. The van der Waals surface area contributed by atoms with E-state index in [2.05, 4.69) is 17.2 Å². The van der Waals surface area contributed by atoms with Crippen molar-refractivity contribution in [3.63, 3.8) is 0 Å². The number of alkyl carbamates (subject to hydrolysis) is 1. The number of carbonyl (C=O) groups is 2. The number of pyridine rings is 1. The summed E-state index contributed by atoms with van der Waals surface area (Å²) in [4.78, 5) is 32.8. The van der Waals surface area contributed by atoms with Crippen LogP contribution in [0.4, 0.5) is 29.5 Å². The Kier molecular flexibility index (Phi) is 9.58. The molecule has 2 heterocycles. The Hall–Kier alpha value is -3.50. The van der Waals surface area contributed by atoms with Gasteiger partial charge in [-0.2, -0.15) is 13.2 Å². The number of anilines is 2. The molecule has 40 heavy (non-hydrogen) atoms. The number of likely N-dealkylation sites (N-methyl/N-ethyl adjacent to an activating group) is 1. The first kappa shape index (κ1) is 31.0. The van der Waals surface area contributed by atoms with Crippen LogP contribution < -0.4 is 19.9 Å². The molecule has 1 unspecified atom stereocenters. The number of hydrogen-bond acceptors (Lipinski definition) is 6. The van der Waals surface area contributed by atoms with Crippen LogP contribution in [0.3, 0.4) is 0 Å². The number of nitrogens with zero attached hydrogens (tertiary/aromatic N) is 3. The summed E-state index contributed by atoms with van der Waals surface area (Å²) in [5, 5.41) is 2.69. The molecule has 3 rings (SSSR count). The SMILES string of the molecule is COc1cc(C(C)C(=O)N(C)c2ccc(C(F)(F)F)nc2N2CCC(C)CC2)ccc1CNC(=O)OC(C)(C)C. The van der Waals surface area contributed by atoms with Gasteiger partial charge in [-0.05, 0) is 70.2 Å². The van der Waals surface area contributed by atoms with Crippen molar-refractivity contribution in [2.75, 3.05) is 37.0 Å². The molecule has 2 aromatic rings. The first-order valence-electron chi connectivity index (χ1n) is 13.3. The Balaban J connectivity index is 1.83. The van der Waals surface area contributed by atoms with E-state index in [1.807, 2.05) is 4.90 Å². The predicted octanol–water partition coefficient (Wildman–Crippen LogP) is 6.14. The summed E-state index contributed by atoms with van der Waals surface area (Å²) in [5.74, 6) is 0.168. The van der Waals surface area contributed by atoms with E-state index in [0.29, 0.717) is 41.6 Å². The lowest BCUT2D eigenvalue weighted by Gasteiger charge is -2.34. The highest BCUT2D eigenvalue weighted by Crippen LogP contribution is 2.37. The number of methoxy groups -OCH3 is 1. The zero-order valence-electron chi connectivity index (χ0n) is 24.2. The molecule has 0 radical (unpaired) electrons. The number of aromatic nitrogens is 1. The van der Waals surface area contributed by atoms with Crippen molar-refractivity contribution in [2.24, 2.45) is 5.92 Å². The highest BCUT2D eigenvalue weighted by Gasteiger charge is 2.35. The number of halogens is 3. The molecule has 0 bridgehead atoms. The van der Waals surface area contributed by atoms with E-state index in [0.717, 1.165) is 18.9 Å². The molecule has 1 saturated heterocycles. The van der Waals surface area contributed by atoms with Gasteiger partial charge in [0.05, 0.1) is 18.7 Å². The smallest absolute Gasteiger partial charge is 0.433 e. The van der Waals surface area contributed by atoms with Crippen LogP contribution in [0.1, 0.15) is 70.2 Å². The molecule has 1 fully saturated rings. The number of rotatable bonds is 7. The molecule has 220 valence electrons. The molecule has 1 atom stereocenters. The summed E-state index contributed by atoms with van der Waals surface area (Å²) < 4.78 is 51.3. The van der Waals surface area contributed by atoms with Crippen molar-refractivity contribution in [1.29, 1.82) is 0 Å². The fourth-order valence-electron chi connectivity index (χ4n) is 4.52. The maximum absolute atomic E-state index is 13.6. The van der Waals surface area contributed by atoms with Gasteiger partial charge in [-0.3, -0.25) is 4.79 Å². The molecule has 0 aliphatic carbocycles. The van der Waals surface area contributed by atoms with E-state index < -0.39 is 29.5 Å². The second-order valence-electron chi connectivity index (χ2n) is 11.3. The van der Waals surface area contributed by atoms with Crippen molar-refractivity contribution in [3.05, 3.63) is 47.2 Å². The second-order valence-corrected chi connectivity index (χ2v) is 11.3. The van der Waals surface area contributed by atoms with E-state index >= 15 is 0 Å². The molecule has 1 N–H and O–H groups in total. The lowest BCUT2D eigenvalue weighted by atomic mass is 9.97. The number of carbonyl (C=O) groups excluding carboxylic acids is 2. The maximum Gasteiger partial charge on any atom is 0.433 e. The molecular weight excluding hydrogens is 525 g/mol. The zero-order chi connectivity index (χ0) is 29.8. The molecule has 1 aromatic carbocycles. The largest absolute Gasteiger partial charge is 0.496 e. The van der Waals surface area contributed by atoms with Crippen molar-refractivity contribution < 1.29 is 32.2 Å². The van der Waals surface area contributed by atoms with Gasteiger partial charge in [0.1, 0.15) is 17.0 Å². The first-order valence-corrected chi connectivity index (χ1v) is 13.3. The lowest BCUT2D eigenvalue weighted by Crippen LogP contribution is -2.37. The van der Waals surface area contributed by atoms with Crippen LogP contribution in [0.5, 0.6) is 5.75 Å². The maximum atomic E-state index is 13.6. The molecule has 11 heteroatoms. The number of alkyl halides is 3. The molecule has 1 aromatic heterocycles. The summed E-state index contributed by atoms with van der Waals surface area (Å²) in [7, 11) is 3.05. The predicted molar refractivity (Wildman–Crippen MR) is 148 cm³/mol. The fourth-order valence-corrected chi connectivity index (χ4v) is 4.52. The van der Waals surface area contributed by atoms with E-state index in [1.165, 1.54) is 18.1 Å². The lowest BCUT2D eigenvalue weighted by molar-refractivity contribution is -0.141.